The second-order valence-electron chi connectivity index (χ2n) is 6.10. The highest BCUT2D eigenvalue weighted by atomic mass is 32.2. The third-order valence-corrected chi connectivity index (χ3v) is 5.33. The number of hydrogen-bond acceptors (Lipinski definition) is 6. The van der Waals surface area contributed by atoms with Gasteiger partial charge in [-0.05, 0) is 35.9 Å². The Morgan fingerprint density at radius 1 is 0.828 bits per heavy atom. The summed E-state index contributed by atoms with van der Waals surface area (Å²) in [7, 11) is -4.18. The smallest absolute Gasteiger partial charge is 0.262 e. The van der Waals surface area contributed by atoms with Gasteiger partial charge in [0.05, 0.1) is 10.6 Å². The van der Waals surface area contributed by atoms with Crippen molar-refractivity contribution >= 4 is 21.9 Å². The molecule has 0 atom stereocenters. The van der Waals surface area contributed by atoms with E-state index in [9.17, 15) is 28.5 Å². The van der Waals surface area contributed by atoms with Crippen LogP contribution in [0.3, 0.4) is 0 Å². The number of Topliss-reactive ketones (excluding diaryl/α,β-unsaturated/α-hetero) is 1. The monoisotopic (exact) mass is 411 g/mol. The molecule has 0 aliphatic rings. The number of hydrogen-bond donors (Lipinski definition) is 4. The van der Waals surface area contributed by atoms with Gasteiger partial charge in [-0.15, -0.1) is 0 Å². The summed E-state index contributed by atoms with van der Waals surface area (Å²) < 4.78 is 27.7. The van der Waals surface area contributed by atoms with Gasteiger partial charge in [-0.25, -0.2) is 8.42 Å². The van der Waals surface area contributed by atoms with Crippen LogP contribution in [-0.2, 0) is 10.0 Å². The van der Waals surface area contributed by atoms with Crippen molar-refractivity contribution in [2.24, 2.45) is 0 Å². The third kappa shape index (κ3) is 4.74. The first kappa shape index (κ1) is 20.0. The van der Waals surface area contributed by atoms with Gasteiger partial charge in [-0.1, -0.05) is 42.5 Å². The van der Waals surface area contributed by atoms with E-state index in [1.807, 2.05) is 0 Å². The number of aromatic hydroxyl groups is 3. The fourth-order valence-corrected chi connectivity index (χ4v) is 3.63. The van der Waals surface area contributed by atoms with Gasteiger partial charge >= 0.3 is 0 Å². The van der Waals surface area contributed by atoms with Crippen LogP contribution >= 0.6 is 0 Å². The van der Waals surface area contributed by atoms with Crippen molar-refractivity contribution in [2.45, 2.75) is 4.90 Å². The molecule has 3 aromatic rings. The lowest BCUT2D eigenvalue weighted by molar-refractivity contribution is 0.103. The molecule has 3 rings (SSSR count). The summed E-state index contributed by atoms with van der Waals surface area (Å²) in [5.74, 6) is -1.60. The van der Waals surface area contributed by atoms with Gasteiger partial charge in [-0.3, -0.25) is 9.52 Å². The molecule has 0 radical (unpaired) electrons. The molecule has 4 N–H and O–H groups in total. The lowest BCUT2D eigenvalue weighted by Gasteiger charge is -2.12. The molecule has 0 aliphatic heterocycles. The van der Waals surface area contributed by atoms with Crippen LogP contribution in [-0.4, -0.2) is 29.5 Å². The third-order valence-electron chi connectivity index (χ3n) is 3.96. The van der Waals surface area contributed by atoms with E-state index in [0.29, 0.717) is 0 Å². The average Bonchev–Trinajstić information content (AvgIpc) is 2.70. The summed E-state index contributed by atoms with van der Waals surface area (Å²) >= 11 is 0. The Labute approximate surface area is 167 Å². The van der Waals surface area contributed by atoms with Crippen LogP contribution in [0, 0.1) is 0 Å². The van der Waals surface area contributed by atoms with E-state index in [0.717, 1.165) is 6.07 Å². The summed E-state index contributed by atoms with van der Waals surface area (Å²) in [6.45, 7) is 0. The van der Waals surface area contributed by atoms with E-state index in [1.54, 1.807) is 18.2 Å². The normalized spacial score (nSPS) is 11.8. The predicted molar refractivity (Wildman–Crippen MR) is 107 cm³/mol. The van der Waals surface area contributed by atoms with Crippen molar-refractivity contribution in [1.29, 1.82) is 0 Å². The molecule has 0 spiro atoms. The van der Waals surface area contributed by atoms with Crippen LogP contribution < -0.4 is 4.72 Å². The Hall–Kier alpha value is -3.78. The standard InChI is InChI=1S/C21H17NO6S/c23-16-7-4-8-17(13-16)29(27,28)22-18(21(26)15-5-2-1-3-6-15)11-14-9-10-19(24)20(25)12-14/h1-13,22-25H. The first-order valence-electron chi connectivity index (χ1n) is 8.41. The number of nitrogens with one attached hydrogen (secondary N) is 1. The highest BCUT2D eigenvalue weighted by Gasteiger charge is 2.21. The van der Waals surface area contributed by atoms with Crippen LogP contribution in [0.5, 0.6) is 17.2 Å². The molecule has 29 heavy (non-hydrogen) atoms. The van der Waals surface area contributed by atoms with E-state index in [-0.39, 0.29) is 33.2 Å². The van der Waals surface area contributed by atoms with Crippen LogP contribution in [0.15, 0.2) is 83.4 Å². The Morgan fingerprint density at radius 3 is 2.21 bits per heavy atom. The summed E-state index contributed by atoms with van der Waals surface area (Å²) in [5.41, 5.74) is 0.267. The summed E-state index contributed by atoms with van der Waals surface area (Å²) in [6, 6.07) is 16.9. The second-order valence-corrected chi connectivity index (χ2v) is 7.79. The lowest BCUT2D eigenvalue weighted by Crippen LogP contribution is -2.27. The van der Waals surface area contributed by atoms with Crippen LogP contribution in [0.25, 0.3) is 6.08 Å². The second kappa shape index (κ2) is 8.07. The Balaban J connectivity index is 2.06. The van der Waals surface area contributed by atoms with Crippen LogP contribution in [0.4, 0.5) is 0 Å². The zero-order valence-corrected chi connectivity index (χ0v) is 15.8. The molecule has 3 aromatic carbocycles. The SMILES string of the molecule is O=C(C(=Cc1ccc(O)c(O)c1)NS(=O)(=O)c1cccc(O)c1)c1ccccc1. The van der Waals surface area contributed by atoms with Gasteiger partial charge in [0.1, 0.15) is 5.75 Å². The van der Waals surface area contributed by atoms with Crippen molar-refractivity contribution in [1.82, 2.24) is 4.72 Å². The number of carbonyl (C=O) groups excluding carboxylic acids is 1. The first-order valence-corrected chi connectivity index (χ1v) is 9.90. The zero-order valence-electron chi connectivity index (χ0n) is 15.0. The predicted octanol–water partition coefficient (Wildman–Crippen LogP) is 3.01. The molecule has 0 saturated heterocycles. The van der Waals surface area contributed by atoms with E-state index in [1.165, 1.54) is 54.6 Å². The Bertz CT molecular complexity index is 1190. The topological polar surface area (TPSA) is 124 Å². The maximum atomic E-state index is 12.9. The van der Waals surface area contributed by atoms with E-state index >= 15 is 0 Å². The molecular formula is C21H17NO6S. The number of rotatable bonds is 6. The first-order chi connectivity index (χ1) is 13.8. The summed E-state index contributed by atoms with van der Waals surface area (Å²) in [5, 5.41) is 28.7. The maximum absolute atomic E-state index is 12.9. The lowest BCUT2D eigenvalue weighted by atomic mass is 10.1. The number of carbonyl (C=O) groups is 1. The summed E-state index contributed by atoms with van der Waals surface area (Å²) in [6.07, 6.45) is 1.24. The molecule has 0 saturated carbocycles. The molecule has 0 bridgehead atoms. The molecule has 0 unspecified atom stereocenters. The largest absolute Gasteiger partial charge is 0.508 e. The molecular weight excluding hydrogens is 394 g/mol. The minimum Gasteiger partial charge on any atom is -0.508 e. The van der Waals surface area contributed by atoms with Crippen molar-refractivity contribution in [3.63, 3.8) is 0 Å². The van der Waals surface area contributed by atoms with Crippen molar-refractivity contribution in [3.8, 4) is 17.2 Å². The Kier molecular flexibility index (Phi) is 5.56. The minimum absolute atomic E-state index is 0.224. The number of sulfonamides is 1. The van der Waals surface area contributed by atoms with E-state index < -0.39 is 21.6 Å². The molecule has 0 aliphatic carbocycles. The molecule has 7 nitrogen and oxygen atoms in total. The minimum atomic E-state index is -4.18. The zero-order chi connectivity index (χ0) is 21.0. The Morgan fingerprint density at radius 2 is 1.55 bits per heavy atom. The number of allylic oxidation sites excluding steroid dienone is 1. The van der Waals surface area contributed by atoms with Gasteiger partial charge < -0.3 is 15.3 Å². The van der Waals surface area contributed by atoms with Gasteiger partial charge in [-0.2, -0.15) is 0 Å². The maximum Gasteiger partial charge on any atom is 0.262 e. The molecule has 0 aromatic heterocycles. The molecule has 0 amide bonds. The van der Waals surface area contributed by atoms with Gasteiger partial charge in [0, 0.05) is 11.6 Å². The fourth-order valence-electron chi connectivity index (χ4n) is 2.54. The molecule has 0 heterocycles. The number of phenols is 3. The fraction of sp³-hybridized carbons (Fsp3) is 0. The van der Waals surface area contributed by atoms with E-state index in [4.69, 9.17) is 0 Å². The average molecular weight is 411 g/mol. The molecule has 0 fully saturated rings. The summed E-state index contributed by atoms with van der Waals surface area (Å²) in [4.78, 5) is 12.7. The number of ketones is 1. The molecule has 8 heteroatoms. The van der Waals surface area contributed by atoms with Gasteiger partial charge in [0.25, 0.3) is 10.0 Å². The van der Waals surface area contributed by atoms with Crippen molar-refractivity contribution < 1.29 is 28.5 Å². The van der Waals surface area contributed by atoms with Crippen LogP contribution in [0.1, 0.15) is 15.9 Å². The van der Waals surface area contributed by atoms with Crippen LogP contribution in [0.2, 0.25) is 0 Å². The highest BCUT2D eigenvalue weighted by Crippen LogP contribution is 2.26. The van der Waals surface area contributed by atoms with Gasteiger partial charge in [0.15, 0.2) is 11.5 Å². The van der Waals surface area contributed by atoms with Gasteiger partial charge in [0.2, 0.25) is 5.78 Å². The highest BCUT2D eigenvalue weighted by molar-refractivity contribution is 7.89. The van der Waals surface area contributed by atoms with Crippen molar-refractivity contribution in [3.05, 3.63) is 89.6 Å². The van der Waals surface area contributed by atoms with E-state index in [2.05, 4.69) is 4.72 Å². The molecule has 148 valence electrons. The quantitative estimate of drug-likeness (QED) is 0.281. The van der Waals surface area contributed by atoms with Crippen molar-refractivity contribution in [2.75, 3.05) is 0 Å². The number of phenolic OH excluding ortho intramolecular Hbond substituents is 3. The number of benzene rings is 3.